The van der Waals surface area contributed by atoms with E-state index in [-0.39, 0.29) is 6.04 Å². The van der Waals surface area contributed by atoms with Gasteiger partial charge in [0, 0.05) is 24.7 Å². The molecule has 0 saturated carbocycles. The second kappa shape index (κ2) is 5.13. The van der Waals surface area contributed by atoms with Gasteiger partial charge in [-0.3, -0.25) is 10.00 Å². The Labute approximate surface area is 112 Å². The van der Waals surface area contributed by atoms with Crippen molar-refractivity contribution in [1.82, 2.24) is 25.3 Å². The summed E-state index contributed by atoms with van der Waals surface area (Å²) < 4.78 is 5.52. The summed E-state index contributed by atoms with van der Waals surface area (Å²) in [6.07, 6.45) is 4.10. The van der Waals surface area contributed by atoms with Gasteiger partial charge in [-0.1, -0.05) is 0 Å². The van der Waals surface area contributed by atoms with E-state index in [1.165, 1.54) is 5.69 Å². The van der Waals surface area contributed by atoms with E-state index >= 15 is 0 Å². The van der Waals surface area contributed by atoms with Crippen LogP contribution in [-0.4, -0.2) is 38.4 Å². The van der Waals surface area contributed by atoms with Gasteiger partial charge in [0.1, 0.15) is 0 Å². The first kappa shape index (κ1) is 12.3. The van der Waals surface area contributed by atoms with Gasteiger partial charge in [0.2, 0.25) is 11.8 Å². The maximum absolute atomic E-state index is 5.52. The number of rotatable bonds is 3. The highest BCUT2D eigenvalue weighted by Crippen LogP contribution is 2.30. The van der Waals surface area contributed by atoms with E-state index in [1.54, 1.807) is 0 Å². The van der Waals surface area contributed by atoms with Gasteiger partial charge in [-0.2, -0.15) is 5.10 Å². The minimum atomic E-state index is 0.198. The monoisotopic (exact) mass is 261 g/mol. The second-order valence-corrected chi connectivity index (χ2v) is 5.16. The quantitative estimate of drug-likeness (QED) is 0.915. The number of nitrogens with zero attached hydrogens (tertiary/aromatic N) is 4. The molecule has 0 aromatic carbocycles. The van der Waals surface area contributed by atoms with E-state index in [2.05, 4.69) is 38.3 Å². The molecule has 1 fully saturated rings. The minimum Gasteiger partial charge on any atom is -0.424 e. The highest BCUT2D eigenvalue weighted by Gasteiger charge is 2.27. The van der Waals surface area contributed by atoms with Gasteiger partial charge < -0.3 is 4.42 Å². The van der Waals surface area contributed by atoms with Crippen molar-refractivity contribution in [3.63, 3.8) is 0 Å². The fraction of sp³-hybridized carbons (Fsp3) is 0.615. The molecule has 1 aliphatic heterocycles. The van der Waals surface area contributed by atoms with Crippen molar-refractivity contribution >= 4 is 0 Å². The molecule has 0 bridgehead atoms. The largest absolute Gasteiger partial charge is 0.424 e. The summed E-state index contributed by atoms with van der Waals surface area (Å²) in [4.78, 5) is 2.40. The highest BCUT2D eigenvalue weighted by atomic mass is 16.4. The molecular weight excluding hydrogens is 242 g/mol. The van der Waals surface area contributed by atoms with E-state index in [4.69, 9.17) is 4.42 Å². The Kier molecular flexibility index (Phi) is 3.33. The number of aryl methyl sites for hydroxylation is 1. The second-order valence-electron chi connectivity index (χ2n) is 5.16. The Morgan fingerprint density at radius 1 is 1.37 bits per heavy atom. The van der Waals surface area contributed by atoms with E-state index in [9.17, 15) is 0 Å². The third-order valence-corrected chi connectivity index (χ3v) is 3.94. The lowest BCUT2D eigenvalue weighted by Gasteiger charge is -2.34. The highest BCUT2D eigenvalue weighted by molar-refractivity contribution is 5.07. The predicted molar refractivity (Wildman–Crippen MR) is 69.6 cm³/mol. The van der Waals surface area contributed by atoms with E-state index < -0.39 is 0 Å². The molecule has 0 amide bonds. The van der Waals surface area contributed by atoms with Crippen molar-refractivity contribution in [1.29, 1.82) is 0 Å². The van der Waals surface area contributed by atoms with Crippen LogP contribution in [0.3, 0.4) is 0 Å². The number of hydrogen-bond acceptors (Lipinski definition) is 5. The molecule has 3 rings (SSSR count). The van der Waals surface area contributed by atoms with Crippen molar-refractivity contribution in [2.75, 3.05) is 13.1 Å². The van der Waals surface area contributed by atoms with Crippen LogP contribution in [0.15, 0.2) is 16.7 Å². The van der Waals surface area contributed by atoms with Gasteiger partial charge in [-0.25, -0.2) is 0 Å². The average molecular weight is 261 g/mol. The Balaban J connectivity index is 1.61. The van der Waals surface area contributed by atoms with Crippen LogP contribution in [0.4, 0.5) is 0 Å². The van der Waals surface area contributed by atoms with Gasteiger partial charge in [-0.15, -0.1) is 10.2 Å². The van der Waals surface area contributed by atoms with Crippen molar-refractivity contribution in [3.05, 3.63) is 29.7 Å². The van der Waals surface area contributed by atoms with Crippen LogP contribution in [0.25, 0.3) is 0 Å². The van der Waals surface area contributed by atoms with Crippen molar-refractivity contribution in [3.8, 4) is 0 Å². The predicted octanol–water partition coefficient (Wildman–Crippen LogP) is 2.04. The summed E-state index contributed by atoms with van der Waals surface area (Å²) in [5.74, 6) is 1.95. The van der Waals surface area contributed by atoms with E-state index in [0.29, 0.717) is 11.8 Å². The molecule has 1 aliphatic rings. The Hall–Kier alpha value is -1.69. The Bertz CT molecular complexity index is 513. The molecule has 3 heterocycles. The molecule has 0 spiro atoms. The lowest BCUT2D eigenvalue weighted by Crippen LogP contribution is -2.35. The summed E-state index contributed by atoms with van der Waals surface area (Å²) in [6.45, 7) is 6.05. The van der Waals surface area contributed by atoms with Crippen LogP contribution in [-0.2, 0) is 0 Å². The zero-order valence-electron chi connectivity index (χ0n) is 11.3. The van der Waals surface area contributed by atoms with Crippen molar-refractivity contribution in [2.45, 2.75) is 38.6 Å². The molecule has 2 aromatic rings. The van der Waals surface area contributed by atoms with Crippen molar-refractivity contribution in [2.24, 2.45) is 0 Å². The zero-order chi connectivity index (χ0) is 13.2. The fourth-order valence-electron chi connectivity index (χ4n) is 2.73. The molecule has 6 nitrogen and oxygen atoms in total. The first-order valence-corrected chi connectivity index (χ1v) is 6.77. The number of hydrogen-bond donors (Lipinski definition) is 1. The molecule has 102 valence electrons. The van der Waals surface area contributed by atoms with Gasteiger partial charge in [0.25, 0.3) is 0 Å². The Morgan fingerprint density at radius 3 is 2.74 bits per heavy atom. The normalized spacial score (nSPS) is 19.7. The van der Waals surface area contributed by atoms with Crippen LogP contribution in [0.2, 0.25) is 0 Å². The molecular formula is C13H19N5O. The van der Waals surface area contributed by atoms with Gasteiger partial charge >= 0.3 is 0 Å². The molecule has 0 unspecified atom stereocenters. The molecule has 1 N–H and O–H groups in total. The summed E-state index contributed by atoms with van der Waals surface area (Å²) in [6, 6.07) is 2.27. The van der Waals surface area contributed by atoms with E-state index in [1.807, 2.05) is 13.1 Å². The van der Waals surface area contributed by atoms with Gasteiger partial charge in [-0.05, 0) is 38.9 Å². The number of aromatic amines is 1. The number of H-pyrrole nitrogens is 1. The SMILES string of the molecule is Cc1nnc([C@H](C)N2CCC(c3ccn[nH]3)CC2)o1. The number of likely N-dealkylation sites (tertiary alicyclic amines) is 1. The molecule has 1 saturated heterocycles. The number of aromatic nitrogens is 4. The topological polar surface area (TPSA) is 70.8 Å². The summed E-state index contributed by atoms with van der Waals surface area (Å²) in [5.41, 5.74) is 1.25. The number of nitrogens with one attached hydrogen (secondary N) is 1. The molecule has 19 heavy (non-hydrogen) atoms. The summed E-state index contributed by atoms with van der Waals surface area (Å²) in [5, 5.41) is 15.1. The van der Waals surface area contributed by atoms with Crippen LogP contribution < -0.4 is 0 Å². The molecule has 0 radical (unpaired) electrons. The molecule has 1 atom stereocenters. The molecule has 0 aliphatic carbocycles. The minimum absolute atomic E-state index is 0.198. The van der Waals surface area contributed by atoms with E-state index in [0.717, 1.165) is 31.8 Å². The zero-order valence-corrected chi connectivity index (χ0v) is 11.3. The first-order valence-electron chi connectivity index (χ1n) is 6.77. The first-order chi connectivity index (χ1) is 9.24. The van der Waals surface area contributed by atoms with Gasteiger partial charge in [0.05, 0.1) is 6.04 Å². The Morgan fingerprint density at radius 2 is 2.16 bits per heavy atom. The van der Waals surface area contributed by atoms with Crippen LogP contribution in [0.5, 0.6) is 0 Å². The molecule has 6 heteroatoms. The molecule has 2 aromatic heterocycles. The van der Waals surface area contributed by atoms with Crippen LogP contribution >= 0.6 is 0 Å². The maximum Gasteiger partial charge on any atom is 0.233 e. The van der Waals surface area contributed by atoms with Crippen LogP contribution in [0, 0.1) is 6.92 Å². The average Bonchev–Trinajstić information content (AvgIpc) is 3.09. The third kappa shape index (κ3) is 2.53. The van der Waals surface area contributed by atoms with Crippen molar-refractivity contribution < 1.29 is 4.42 Å². The third-order valence-electron chi connectivity index (χ3n) is 3.94. The fourth-order valence-corrected chi connectivity index (χ4v) is 2.73. The maximum atomic E-state index is 5.52. The summed E-state index contributed by atoms with van der Waals surface area (Å²) >= 11 is 0. The number of piperidine rings is 1. The summed E-state index contributed by atoms with van der Waals surface area (Å²) in [7, 11) is 0. The van der Waals surface area contributed by atoms with Crippen LogP contribution in [0.1, 0.15) is 49.2 Å². The standard InChI is InChI=1S/C13H19N5O/c1-9(13-17-15-10(2)19-13)18-7-4-11(5-8-18)12-3-6-14-16-12/h3,6,9,11H,4-5,7-8H2,1-2H3,(H,14,16)/t9-/m0/s1. The van der Waals surface area contributed by atoms with Gasteiger partial charge in [0.15, 0.2) is 0 Å². The lowest BCUT2D eigenvalue weighted by atomic mass is 9.93. The smallest absolute Gasteiger partial charge is 0.233 e. The lowest BCUT2D eigenvalue weighted by molar-refractivity contribution is 0.141.